The number of hydrogen-bond donors (Lipinski definition) is 2. The fourth-order valence-electron chi connectivity index (χ4n) is 1.73. The Morgan fingerprint density at radius 1 is 1.43 bits per heavy atom. The molecule has 0 saturated heterocycles. The summed E-state index contributed by atoms with van der Waals surface area (Å²) in [5.41, 5.74) is 2.97. The average Bonchev–Trinajstić information content (AvgIpc) is 2.19. The van der Waals surface area contributed by atoms with Gasteiger partial charge in [0.15, 0.2) is 0 Å². The van der Waals surface area contributed by atoms with Crippen LogP contribution in [0, 0.1) is 5.92 Å². The van der Waals surface area contributed by atoms with Gasteiger partial charge in [0, 0.05) is 6.54 Å². The van der Waals surface area contributed by atoms with Gasteiger partial charge in [-0.15, -0.1) is 0 Å². The maximum atomic E-state index is 10.4. The molecule has 0 aliphatic heterocycles. The summed E-state index contributed by atoms with van der Waals surface area (Å²) in [6, 6.07) is 0. The first kappa shape index (κ1) is 11.0. The van der Waals surface area contributed by atoms with Gasteiger partial charge in [0.05, 0.1) is 0 Å². The molecule has 14 heavy (non-hydrogen) atoms. The summed E-state index contributed by atoms with van der Waals surface area (Å²) in [6.07, 6.45) is 6.43. The normalized spacial score (nSPS) is 19.4. The molecule has 0 spiro atoms. The van der Waals surface area contributed by atoms with Crippen LogP contribution in [-0.2, 0) is 4.79 Å². The Morgan fingerprint density at radius 3 is 2.64 bits per heavy atom. The van der Waals surface area contributed by atoms with E-state index in [0.717, 1.165) is 6.54 Å². The molecule has 0 atom stereocenters. The van der Waals surface area contributed by atoms with Gasteiger partial charge in [0.1, 0.15) is 5.71 Å². The minimum Gasteiger partial charge on any atom is -0.477 e. The van der Waals surface area contributed by atoms with Crippen molar-refractivity contribution in [3.8, 4) is 0 Å². The van der Waals surface area contributed by atoms with Crippen molar-refractivity contribution in [1.29, 1.82) is 0 Å². The number of nitrogens with zero attached hydrogens (tertiary/aromatic N) is 1. The summed E-state index contributed by atoms with van der Waals surface area (Å²) in [5.74, 6) is -0.282. The highest BCUT2D eigenvalue weighted by Gasteiger charge is 2.12. The van der Waals surface area contributed by atoms with Gasteiger partial charge >= 0.3 is 5.97 Å². The van der Waals surface area contributed by atoms with Crippen molar-refractivity contribution in [3.63, 3.8) is 0 Å². The zero-order chi connectivity index (χ0) is 10.4. The molecular weight excluding hydrogens is 180 g/mol. The standard InChI is InChI=1S/C10H18N2O2/c1-8(10(13)14)12-11-7-9-5-3-2-4-6-9/h9,11H,2-7H2,1H3,(H,13,14). The van der Waals surface area contributed by atoms with Gasteiger partial charge in [-0.1, -0.05) is 19.3 Å². The lowest BCUT2D eigenvalue weighted by atomic mass is 9.89. The first-order valence-corrected chi connectivity index (χ1v) is 5.20. The molecule has 0 aromatic carbocycles. The summed E-state index contributed by atoms with van der Waals surface area (Å²) in [6.45, 7) is 2.31. The van der Waals surface area contributed by atoms with E-state index in [9.17, 15) is 4.79 Å². The average molecular weight is 198 g/mol. The zero-order valence-electron chi connectivity index (χ0n) is 8.62. The van der Waals surface area contributed by atoms with Crippen molar-refractivity contribution in [2.45, 2.75) is 39.0 Å². The van der Waals surface area contributed by atoms with Crippen molar-refractivity contribution in [2.75, 3.05) is 6.54 Å². The summed E-state index contributed by atoms with van der Waals surface area (Å²) in [7, 11) is 0. The first-order chi connectivity index (χ1) is 6.70. The number of aliphatic carboxylic acids is 1. The molecule has 4 heteroatoms. The van der Waals surface area contributed by atoms with E-state index in [1.165, 1.54) is 39.0 Å². The SMILES string of the molecule is CC(=NNCC1CCCCC1)C(=O)O. The lowest BCUT2D eigenvalue weighted by molar-refractivity contribution is -0.129. The second-order valence-corrected chi connectivity index (χ2v) is 3.87. The van der Waals surface area contributed by atoms with Crippen LogP contribution in [0.5, 0.6) is 0 Å². The van der Waals surface area contributed by atoms with Gasteiger partial charge in [0.2, 0.25) is 0 Å². The van der Waals surface area contributed by atoms with Crippen LogP contribution in [0.4, 0.5) is 0 Å². The van der Waals surface area contributed by atoms with E-state index in [1.54, 1.807) is 0 Å². The molecule has 0 amide bonds. The summed E-state index contributed by atoms with van der Waals surface area (Å²) >= 11 is 0. The number of rotatable bonds is 4. The molecule has 1 saturated carbocycles. The second kappa shape index (κ2) is 5.62. The minimum absolute atomic E-state index is 0.126. The molecule has 1 aliphatic rings. The predicted molar refractivity (Wildman–Crippen MR) is 55.3 cm³/mol. The van der Waals surface area contributed by atoms with E-state index in [0.29, 0.717) is 5.92 Å². The van der Waals surface area contributed by atoms with E-state index in [4.69, 9.17) is 5.11 Å². The molecule has 4 nitrogen and oxygen atoms in total. The van der Waals surface area contributed by atoms with Crippen LogP contribution >= 0.6 is 0 Å². The molecule has 0 unspecified atom stereocenters. The summed E-state index contributed by atoms with van der Waals surface area (Å²) in [5, 5.41) is 12.3. The van der Waals surface area contributed by atoms with E-state index in [2.05, 4.69) is 10.5 Å². The van der Waals surface area contributed by atoms with Crippen molar-refractivity contribution < 1.29 is 9.90 Å². The van der Waals surface area contributed by atoms with E-state index in [1.807, 2.05) is 0 Å². The molecule has 0 aromatic rings. The molecular formula is C10H18N2O2. The van der Waals surface area contributed by atoms with Crippen LogP contribution in [0.1, 0.15) is 39.0 Å². The summed E-state index contributed by atoms with van der Waals surface area (Å²) < 4.78 is 0. The zero-order valence-corrected chi connectivity index (χ0v) is 8.62. The molecule has 1 fully saturated rings. The third kappa shape index (κ3) is 3.77. The van der Waals surface area contributed by atoms with Crippen LogP contribution in [0.25, 0.3) is 0 Å². The van der Waals surface area contributed by atoms with Crippen molar-refractivity contribution in [1.82, 2.24) is 5.43 Å². The number of carbonyl (C=O) groups is 1. The summed E-state index contributed by atoms with van der Waals surface area (Å²) in [4.78, 5) is 10.4. The quantitative estimate of drug-likeness (QED) is 0.533. The van der Waals surface area contributed by atoms with Crippen molar-refractivity contribution in [2.24, 2.45) is 11.0 Å². The highest BCUT2D eigenvalue weighted by molar-refractivity contribution is 6.34. The number of nitrogens with one attached hydrogen (secondary N) is 1. The monoisotopic (exact) mass is 198 g/mol. The molecule has 0 aromatic heterocycles. The molecule has 80 valence electrons. The third-order valence-corrected chi connectivity index (χ3v) is 2.66. The highest BCUT2D eigenvalue weighted by Crippen LogP contribution is 2.22. The number of hydrazone groups is 1. The maximum Gasteiger partial charge on any atom is 0.351 e. The van der Waals surface area contributed by atoms with Crippen LogP contribution in [0.3, 0.4) is 0 Å². The van der Waals surface area contributed by atoms with Gasteiger partial charge < -0.3 is 10.5 Å². The molecule has 2 N–H and O–H groups in total. The second-order valence-electron chi connectivity index (χ2n) is 3.87. The van der Waals surface area contributed by atoms with Crippen LogP contribution in [-0.4, -0.2) is 23.3 Å². The lowest BCUT2D eigenvalue weighted by Gasteiger charge is -2.20. The highest BCUT2D eigenvalue weighted by atomic mass is 16.4. The fraction of sp³-hybridized carbons (Fsp3) is 0.800. The fourth-order valence-corrected chi connectivity index (χ4v) is 1.73. The van der Waals surface area contributed by atoms with Gasteiger partial charge in [0.25, 0.3) is 0 Å². The minimum atomic E-state index is -0.957. The smallest absolute Gasteiger partial charge is 0.351 e. The topological polar surface area (TPSA) is 61.7 Å². The van der Waals surface area contributed by atoms with E-state index < -0.39 is 5.97 Å². The predicted octanol–water partition coefficient (Wildman–Crippen LogP) is 1.62. The maximum absolute atomic E-state index is 10.4. The van der Waals surface area contributed by atoms with Gasteiger partial charge in [-0.25, -0.2) is 4.79 Å². The van der Waals surface area contributed by atoms with E-state index in [-0.39, 0.29) is 5.71 Å². The molecule has 0 heterocycles. The number of carboxylic acids is 1. The van der Waals surface area contributed by atoms with Crippen molar-refractivity contribution >= 4 is 11.7 Å². The Bertz CT molecular complexity index is 220. The Labute approximate surface area is 84.4 Å². The Kier molecular flexibility index (Phi) is 4.43. The first-order valence-electron chi connectivity index (χ1n) is 5.20. The van der Waals surface area contributed by atoms with Gasteiger partial charge in [-0.05, 0) is 25.7 Å². The number of hydrogen-bond acceptors (Lipinski definition) is 3. The molecule has 1 aliphatic carbocycles. The Morgan fingerprint density at radius 2 is 2.07 bits per heavy atom. The number of carboxylic acid groups (broad SMARTS) is 1. The Hall–Kier alpha value is -1.06. The van der Waals surface area contributed by atoms with Gasteiger partial charge in [-0.2, -0.15) is 5.10 Å². The van der Waals surface area contributed by atoms with Gasteiger partial charge in [-0.3, -0.25) is 0 Å². The molecule has 0 bridgehead atoms. The Balaban J connectivity index is 2.19. The van der Waals surface area contributed by atoms with Crippen molar-refractivity contribution in [3.05, 3.63) is 0 Å². The molecule has 0 radical (unpaired) electrons. The van der Waals surface area contributed by atoms with Crippen LogP contribution in [0.2, 0.25) is 0 Å². The lowest BCUT2D eigenvalue weighted by Crippen LogP contribution is -2.23. The largest absolute Gasteiger partial charge is 0.477 e. The van der Waals surface area contributed by atoms with Crippen LogP contribution in [0.15, 0.2) is 5.10 Å². The third-order valence-electron chi connectivity index (χ3n) is 2.66. The molecule has 1 rings (SSSR count). The van der Waals surface area contributed by atoms with Crippen LogP contribution < -0.4 is 5.43 Å². The van der Waals surface area contributed by atoms with E-state index >= 15 is 0 Å².